The third-order valence-corrected chi connectivity index (χ3v) is 3.48. The monoisotopic (exact) mass is 261 g/mol. The number of rotatable bonds is 6. The number of hydrogen-bond acceptors (Lipinski definition) is 4. The third-order valence-electron chi connectivity index (χ3n) is 2.19. The largest absolute Gasteiger partial charge is 0.469 e. The minimum atomic E-state index is -0.181. The first-order valence-electron chi connectivity index (χ1n) is 5.16. The summed E-state index contributed by atoms with van der Waals surface area (Å²) in [5, 5.41) is 3.27. The molecule has 0 radical (unpaired) electrons. The fourth-order valence-electron chi connectivity index (χ4n) is 1.33. The van der Waals surface area contributed by atoms with Gasteiger partial charge in [-0.1, -0.05) is 11.6 Å². The highest BCUT2D eigenvalue weighted by Gasteiger charge is 2.08. The van der Waals surface area contributed by atoms with Crippen molar-refractivity contribution in [3.63, 3.8) is 0 Å². The molecule has 3 nitrogen and oxygen atoms in total. The first kappa shape index (κ1) is 13.5. The van der Waals surface area contributed by atoms with E-state index in [4.69, 9.17) is 11.6 Å². The number of thiophene rings is 1. The highest BCUT2D eigenvalue weighted by molar-refractivity contribution is 7.16. The Kier molecular flexibility index (Phi) is 5.80. The molecule has 0 saturated heterocycles. The van der Waals surface area contributed by atoms with E-state index >= 15 is 0 Å². The Morgan fingerprint density at radius 2 is 2.38 bits per heavy atom. The summed E-state index contributed by atoms with van der Waals surface area (Å²) < 4.78 is 5.41. The second kappa shape index (κ2) is 6.89. The van der Waals surface area contributed by atoms with Gasteiger partial charge in [0.2, 0.25) is 0 Å². The molecule has 0 spiro atoms. The maximum atomic E-state index is 11.0. The summed E-state index contributed by atoms with van der Waals surface area (Å²) >= 11 is 7.42. The van der Waals surface area contributed by atoms with Crippen molar-refractivity contribution in [2.75, 3.05) is 13.7 Å². The van der Waals surface area contributed by atoms with Crippen LogP contribution in [0.4, 0.5) is 0 Å². The van der Waals surface area contributed by atoms with E-state index in [-0.39, 0.29) is 12.0 Å². The molecule has 16 heavy (non-hydrogen) atoms. The SMILES string of the molecule is COC(=O)CC(C)NCCc1ccc(Cl)s1. The van der Waals surface area contributed by atoms with Crippen LogP contribution in [0.15, 0.2) is 12.1 Å². The summed E-state index contributed by atoms with van der Waals surface area (Å²) in [6, 6.07) is 4.07. The number of esters is 1. The van der Waals surface area contributed by atoms with Crippen LogP contribution in [0.3, 0.4) is 0 Å². The number of hydrogen-bond donors (Lipinski definition) is 1. The lowest BCUT2D eigenvalue weighted by Crippen LogP contribution is -2.30. The van der Waals surface area contributed by atoms with Gasteiger partial charge in [-0.3, -0.25) is 4.79 Å². The standard InChI is InChI=1S/C11H16ClNO2S/c1-8(7-11(14)15-2)13-6-5-9-3-4-10(12)16-9/h3-4,8,13H,5-7H2,1-2H3. The quantitative estimate of drug-likeness (QED) is 0.800. The lowest BCUT2D eigenvalue weighted by atomic mass is 10.2. The van der Waals surface area contributed by atoms with Crippen molar-refractivity contribution in [1.82, 2.24) is 5.32 Å². The molecule has 0 saturated carbocycles. The summed E-state index contributed by atoms with van der Waals surface area (Å²) in [6.45, 7) is 2.81. The zero-order valence-electron chi connectivity index (χ0n) is 9.46. The van der Waals surface area contributed by atoms with Crippen molar-refractivity contribution < 1.29 is 9.53 Å². The van der Waals surface area contributed by atoms with Crippen LogP contribution < -0.4 is 5.32 Å². The average molecular weight is 262 g/mol. The Labute approximate surface area is 105 Å². The molecule has 0 fully saturated rings. The van der Waals surface area contributed by atoms with Gasteiger partial charge in [0, 0.05) is 17.5 Å². The summed E-state index contributed by atoms with van der Waals surface area (Å²) in [7, 11) is 1.41. The minimum Gasteiger partial charge on any atom is -0.469 e. The molecule has 0 amide bonds. The van der Waals surface area contributed by atoms with Gasteiger partial charge in [0.25, 0.3) is 0 Å². The van der Waals surface area contributed by atoms with Gasteiger partial charge in [0.15, 0.2) is 0 Å². The van der Waals surface area contributed by atoms with Crippen molar-refractivity contribution in [2.24, 2.45) is 0 Å². The summed E-state index contributed by atoms with van der Waals surface area (Å²) in [6.07, 6.45) is 1.34. The number of carbonyl (C=O) groups is 1. The van der Waals surface area contributed by atoms with Gasteiger partial charge < -0.3 is 10.1 Å². The van der Waals surface area contributed by atoms with Crippen molar-refractivity contribution >= 4 is 28.9 Å². The summed E-state index contributed by atoms with van der Waals surface area (Å²) in [5.41, 5.74) is 0. The number of carbonyl (C=O) groups excluding carboxylic acids is 1. The molecule has 0 aliphatic heterocycles. The highest BCUT2D eigenvalue weighted by atomic mass is 35.5. The van der Waals surface area contributed by atoms with E-state index in [1.54, 1.807) is 11.3 Å². The molecule has 1 N–H and O–H groups in total. The molecule has 1 aromatic heterocycles. The van der Waals surface area contributed by atoms with Gasteiger partial charge in [0.1, 0.15) is 0 Å². The van der Waals surface area contributed by atoms with Gasteiger partial charge in [-0.2, -0.15) is 0 Å². The molecule has 1 unspecified atom stereocenters. The van der Waals surface area contributed by atoms with Crippen LogP contribution in [-0.4, -0.2) is 25.7 Å². The zero-order chi connectivity index (χ0) is 12.0. The van der Waals surface area contributed by atoms with Crippen molar-refractivity contribution in [1.29, 1.82) is 0 Å². The molecular weight excluding hydrogens is 246 g/mol. The van der Waals surface area contributed by atoms with E-state index in [1.165, 1.54) is 12.0 Å². The topological polar surface area (TPSA) is 38.3 Å². The second-order valence-corrected chi connectivity index (χ2v) is 5.39. The van der Waals surface area contributed by atoms with Gasteiger partial charge in [0.05, 0.1) is 17.9 Å². The first-order valence-corrected chi connectivity index (χ1v) is 6.35. The van der Waals surface area contributed by atoms with E-state index in [1.807, 2.05) is 19.1 Å². The number of halogens is 1. The molecule has 1 rings (SSSR count). The van der Waals surface area contributed by atoms with Crippen molar-refractivity contribution in [3.05, 3.63) is 21.3 Å². The molecule has 0 aromatic carbocycles. The normalized spacial score (nSPS) is 12.4. The molecule has 1 heterocycles. The lowest BCUT2D eigenvalue weighted by Gasteiger charge is -2.11. The highest BCUT2D eigenvalue weighted by Crippen LogP contribution is 2.21. The maximum Gasteiger partial charge on any atom is 0.307 e. The van der Waals surface area contributed by atoms with Crippen LogP contribution in [0.2, 0.25) is 4.34 Å². The number of methoxy groups -OCH3 is 1. The van der Waals surface area contributed by atoms with Crippen LogP contribution in [-0.2, 0) is 16.0 Å². The average Bonchev–Trinajstić information content (AvgIpc) is 2.64. The second-order valence-electron chi connectivity index (χ2n) is 3.59. The molecular formula is C11H16ClNO2S. The number of ether oxygens (including phenoxy) is 1. The Morgan fingerprint density at radius 1 is 1.62 bits per heavy atom. The van der Waals surface area contributed by atoms with E-state index < -0.39 is 0 Å². The summed E-state index contributed by atoms with van der Waals surface area (Å²) in [4.78, 5) is 12.2. The molecule has 5 heteroatoms. The van der Waals surface area contributed by atoms with E-state index in [0.29, 0.717) is 6.42 Å². The molecule has 1 aromatic rings. The smallest absolute Gasteiger partial charge is 0.307 e. The molecule has 0 bridgehead atoms. The fraction of sp³-hybridized carbons (Fsp3) is 0.545. The minimum absolute atomic E-state index is 0.142. The Hall–Kier alpha value is -0.580. The van der Waals surface area contributed by atoms with Gasteiger partial charge in [-0.15, -0.1) is 11.3 Å². The van der Waals surface area contributed by atoms with Crippen LogP contribution in [0.1, 0.15) is 18.2 Å². The molecule has 1 atom stereocenters. The van der Waals surface area contributed by atoms with E-state index in [0.717, 1.165) is 17.3 Å². The number of nitrogens with one attached hydrogen (secondary N) is 1. The summed E-state index contributed by atoms with van der Waals surface area (Å²) in [5.74, 6) is -0.181. The zero-order valence-corrected chi connectivity index (χ0v) is 11.0. The van der Waals surface area contributed by atoms with Gasteiger partial charge in [-0.05, 0) is 25.5 Å². The fourth-order valence-corrected chi connectivity index (χ4v) is 2.42. The Balaban J connectivity index is 2.17. The van der Waals surface area contributed by atoms with Gasteiger partial charge in [-0.25, -0.2) is 0 Å². The van der Waals surface area contributed by atoms with Crippen LogP contribution >= 0.6 is 22.9 Å². The van der Waals surface area contributed by atoms with Crippen molar-refractivity contribution in [3.8, 4) is 0 Å². The predicted octanol–water partition coefficient (Wildman–Crippen LogP) is 2.49. The molecule has 0 aliphatic carbocycles. The van der Waals surface area contributed by atoms with Crippen LogP contribution in [0.5, 0.6) is 0 Å². The van der Waals surface area contributed by atoms with Crippen molar-refractivity contribution in [2.45, 2.75) is 25.8 Å². The lowest BCUT2D eigenvalue weighted by molar-refractivity contribution is -0.141. The van der Waals surface area contributed by atoms with Gasteiger partial charge >= 0.3 is 5.97 Å². The first-order chi connectivity index (χ1) is 7.61. The Morgan fingerprint density at radius 3 is 2.94 bits per heavy atom. The van der Waals surface area contributed by atoms with Crippen LogP contribution in [0, 0.1) is 0 Å². The third kappa shape index (κ3) is 4.96. The van der Waals surface area contributed by atoms with E-state index in [9.17, 15) is 4.79 Å². The molecule has 90 valence electrons. The Bertz CT molecular complexity index is 340. The predicted molar refractivity (Wildman–Crippen MR) is 67.1 cm³/mol. The maximum absolute atomic E-state index is 11.0. The molecule has 0 aliphatic rings. The van der Waals surface area contributed by atoms with E-state index in [2.05, 4.69) is 10.1 Å². The van der Waals surface area contributed by atoms with Crippen LogP contribution in [0.25, 0.3) is 0 Å².